The van der Waals surface area contributed by atoms with Gasteiger partial charge in [-0.05, 0) is 29.7 Å². The molecular weight excluding hydrogens is 246 g/mol. The van der Waals surface area contributed by atoms with E-state index in [0.29, 0.717) is 24.5 Å². The summed E-state index contributed by atoms with van der Waals surface area (Å²) >= 11 is 0. The van der Waals surface area contributed by atoms with Gasteiger partial charge in [-0.15, -0.1) is 0 Å². The van der Waals surface area contributed by atoms with E-state index in [0.717, 1.165) is 18.5 Å². The van der Waals surface area contributed by atoms with Gasteiger partial charge in [0.15, 0.2) is 6.33 Å². The number of hydrogen-bond acceptors (Lipinski definition) is 5. The summed E-state index contributed by atoms with van der Waals surface area (Å²) in [6, 6.07) is 5.31. The zero-order valence-corrected chi connectivity index (χ0v) is 10.2. The Morgan fingerprint density at radius 3 is 3.05 bits per heavy atom. The molecule has 1 aliphatic rings. The molecule has 0 spiro atoms. The Labute approximate surface area is 109 Å². The molecule has 98 valence electrons. The number of hydrogen-bond donors (Lipinski definition) is 1. The molecule has 1 aromatic heterocycles. The Balaban J connectivity index is 1.78. The van der Waals surface area contributed by atoms with Gasteiger partial charge in [0.05, 0.1) is 12.1 Å². The number of rotatable bonds is 3. The van der Waals surface area contributed by atoms with E-state index in [9.17, 15) is 4.79 Å². The molecule has 0 saturated carbocycles. The molecule has 3 rings (SSSR count). The maximum Gasteiger partial charge on any atom is 0.335 e. The fourth-order valence-corrected chi connectivity index (χ4v) is 2.34. The summed E-state index contributed by atoms with van der Waals surface area (Å²) in [7, 11) is 0. The zero-order chi connectivity index (χ0) is 13.2. The van der Waals surface area contributed by atoms with Gasteiger partial charge in [0.1, 0.15) is 0 Å². The zero-order valence-electron chi connectivity index (χ0n) is 10.2. The molecule has 1 N–H and O–H groups in total. The van der Waals surface area contributed by atoms with Crippen molar-refractivity contribution < 1.29 is 14.4 Å². The molecule has 0 saturated heterocycles. The number of fused-ring (bicyclic) bond motifs is 1. The van der Waals surface area contributed by atoms with E-state index in [-0.39, 0.29) is 0 Å². The summed E-state index contributed by atoms with van der Waals surface area (Å²) in [5.74, 6) is -0.310. The molecule has 19 heavy (non-hydrogen) atoms. The molecule has 0 bridgehead atoms. The van der Waals surface area contributed by atoms with Gasteiger partial charge >= 0.3 is 5.97 Å². The number of aromatic nitrogens is 2. The van der Waals surface area contributed by atoms with Gasteiger partial charge in [0.2, 0.25) is 5.89 Å². The molecule has 0 atom stereocenters. The second kappa shape index (κ2) is 4.81. The van der Waals surface area contributed by atoms with E-state index in [1.165, 1.54) is 11.9 Å². The lowest BCUT2D eigenvalue weighted by Gasteiger charge is -2.27. The summed E-state index contributed by atoms with van der Waals surface area (Å²) in [6.07, 6.45) is 2.29. The SMILES string of the molecule is O=C(O)c1ccc2c(c1)CN(Cc1ncno1)CC2. The predicted octanol–water partition coefficient (Wildman–Crippen LogP) is 1.33. The van der Waals surface area contributed by atoms with Crippen molar-refractivity contribution >= 4 is 5.97 Å². The van der Waals surface area contributed by atoms with Gasteiger partial charge in [-0.25, -0.2) is 4.79 Å². The van der Waals surface area contributed by atoms with E-state index >= 15 is 0 Å². The standard InChI is InChI=1S/C13H13N3O3/c17-13(18)10-2-1-9-3-4-16(6-11(9)5-10)7-12-14-8-15-19-12/h1-2,5,8H,3-4,6-7H2,(H,17,18). The highest BCUT2D eigenvalue weighted by Crippen LogP contribution is 2.21. The van der Waals surface area contributed by atoms with Crippen LogP contribution < -0.4 is 0 Å². The quantitative estimate of drug-likeness (QED) is 0.895. The van der Waals surface area contributed by atoms with Crippen molar-refractivity contribution in [1.29, 1.82) is 0 Å². The monoisotopic (exact) mass is 259 g/mol. The molecule has 1 aromatic carbocycles. The third-order valence-corrected chi connectivity index (χ3v) is 3.31. The van der Waals surface area contributed by atoms with Crippen LogP contribution in [0.5, 0.6) is 0 Å². The van der Waals surface area contributed by atoms with Gasteiger partial charge in [-0.2, -0.15) is 4.98 Å². The highest BCUT2D eigenvalue weighted by Gasteiger charge is 2.19. The fraction of sp³-hybridized carbons (Fsp3) is 0.308. The minimum Gasteiger partial charge on any atom is -0.478 e. The highest BCUT2D eigenvalue weighted by atomic mass is 16.5. The first kappa shape index (κ1) is 11.9. The lowest BCUT2D eigenvalue weighted by molar-refractivity contribution is 0.0696. The van der Waals surface area contributed by atoms with Gasteiger partial charge < -0.3 is 9.63 Å². The van der Waals surface area contributed by atoms with Gasteiger partial charge in [-0.1, -0.05) is 11.2 Å². The number of carboxylic acids is 1. The van der Waals surface area contributed by atoms with Crippen molar-refractivity contribution in [2.24, 2.45) is 0 Å². The molecule has 0 aliphatic carbocycles. The Bertz CT molecular complexity index is 595. The van der Waals surface area contributed by atoms with Crippen molar-refractivity contribution in [3.63, 3.8) is 0 Å². The van der Waals surface area contributed by atoms with Crippen LogP contribution in [-0.4, -0.2) is 32.7 Å². The molecule has 0 fully saturated rings. The maximum absolute atomic E-state index is 11.0. The summed E-state index contributed by atoms with van der Waals surface area (Å²) in [4.78, 5) is 17.1. The molecule has 2 heterocycles. The summed E-state index contributed by atoms with van der Waals surface area (Å²) in [6.45, 7) is 2.21. The highest BCUT2D eigenvalue weighted by molar-refractivity contribution is 5.87. The Morgan fingerprint density at radius 1 is 1.42 bits per heavy atom. The van der Waals surface area contributed by atoms with Gasteiger partial charge in [0, 0.05) is 13.1 Å². The maximum atomic E-state index is 11.0. The van der Waals surface area contributed by atoms with Gasteiger partial charge in [-0.3, -0.25) is 4.90 Å². The van der Waals surface area contributed by atoms with E-state index in [1.807, 2.05) is 6.07 Å². The third-order valence-electron chi connectivity index (χ3n) is 3.31. The summed E-state index contributed by atoms with van der Waals surface area (Å²) in [5.41, 5.74) is 2.61. The van der Waals surface area contributed by atoms with Crippen LogP contribution in [0.3, 0.4) is 0 Å². The average Bonchev–Trinajstić information content (AvgIpc) is 2.90. The van der Waals surface area contributed by atoms with Crippen LogP contribution in [0.2, 0.25) is 0 Å². The first-order chi connectivity index (χ1) is 9.22. The second-order valence-corrected chi connectivity index (χ2v) is 4.58. The van der Waals surface area contributed by atoms with Crippen LogP contribution in [0.15, 0.2) is 29.0 Å². The van der Waals surface area contributed by atoms with Crippen molar-refractivity contribution in [2.45, 2.75) is 19.5 Å². The molecule has 1 aliphatic heterocycles. The van der Waals surface area contributed by atoms with E-state index in [2.05, 4.69) is 15.0 Å². The summed E-state index contributed by atoms with van der Waals surface area (Å²) < 4.78 is 4.99. The lowest BCUT2D eigenvalue weighted by atomic mass is 9.97. The van der Waals surface area contributed by atoms with E-state index in [4.69, 9.17) is 9.63 Å². The van der Waals surface area contributed by atoms with Crippen molar-refractivity contribution in [3.8, 4) is 0 Å². The van der Waals surface area contributed by atoms with Crippen LogP contribution in [0.1, 0.15) is 27.4 Å². The largest absolute Gasteiger partial charge is 0.478 e. The van der Waals surface area contributed by atoms with Crippen molar-refractivity contribution in [2.75, 3.05) is 6.54 Å². The number of aromatic carboxylic acids is 1. The number of benzene rings is 1. The smallest absolute Gasteiger partial charge is 0.335 e. The molecule has 6 heteroatoms. The molecular formula is C13H13N3O3. The molecule has 6 nitrogen and oxygen atoms in total. The molecule has 0 radical (unpaired) electrons. The van der Waals surface area contributed by atoms with Crippen LogP contribution in [0.4, 0.5) is 0 Å². The lowest BCUT2D eigenvalue weighted by Crippen LogP contribution is -2.30. The molecule has 0 unspecified atom stereocenters. The predicted molar refractivity (Wildman–Crippen MR) is 65.5 cm³/mol. The number of carboxylic acid groups (broad SMARTS) is 1. The minimum absolute atomic E-state index is 0.332. The van der Waals surface area contributed by atoms with Crippen molar-refractivity contribution in [1.82, 2.24) is 15.0 Å². The van der Waals surface area contributed by atoms with Crippen LogP contribution in [0.25, 0.3) is 0 Å². The van der Waals surface area contributed by atoms with Crippen LogP contribution in [-0.2, 0) is 19.5 Å². The Kier molecular flexibility index (Phi) is 3.00. The van der Waals surface area contributed by atoms with E-state index in [1.54, 1.807) is 12.1 Å². The first-order valence-electron chi connectivity index (χ1n) is 6.05. The van der Waals surface area contributed by atoms with E-state index < -0.39 is 5.97 Å². The van der Waals surface area contributed by atoms with Crippen LogP contribution in [0, 0.1) is 0 Å². The number of carbonyl (C=O) groups is 1. The third kappa shape index (κ3) is 2.48. The summed E-state index contributed by atoms with van der Waals surface area (Å²) in [5, 5.41) is 12.6. The molecule has 0 amide bonds. The normalized spacial score (nSPS) is 15.2. The Hall–Kier alpha value is -2.21. The fourth-order valence-electron chi connectivity index (χ4n) is 2.34. The first-order valence-corrected chi connectivity index (χ1v) is 6.05. The Morgan fingerprint density at radius 2 is 2.32 bits per heavy atom. The minimum atomic E-state index is -0.892. The van der Waals surface area contributed by atoms with Crippen LogP contribution >= 0.6 is 0 Å². The van der Waals surface area contributed by atoms with Crippen molar-refractivity contribution in [3.05, 3.63) is 47.1 Å². The topological polar surface area (TPSA) is 79.5 Å². The average molecular weight is 259 g/mol. The second-order valence-electron chi connectivity index (χ2n) is 4.58. The van der Waals surface area contributed by atoms with Gasteiger partial charge in [0.25, 0.3) is 0 Å². The molecule has 2 aromatic rings. The number of nitrogens with zero attached hydrogens (tertiary/aromatic N) is 3.